The molecule has 0 radical (unpaired) electrons. The van der Waals surface area contributed by atoms with E-state index in [-0.39, 0.29) is 12.5 Å². The Morgan fingerprint density at radius 3 is 2.20 bits per heavy atom. The van der Waals surface area contributed by atoms with Crippen molar-refractivity contribution in [1.82, 2.24) is 14.7 Å². The average Bonchev–Trinajstić information content (AvgIpc) is 3.28. The predicted octanol–water partition coefficient (Wildman–Crippen LogP) is 2.57. The van der Waals surface area contributed by atoms with Crippen molar-refractivity contribution in [2.45, 2.75) is 70.8 Å². The highest BCUT2D eigenvalue weighted by Gasteiger charge is 2.51. The molecular formula is C22H35N3O5. The van der Waals surface area contributed by atoms with Crippen LogP contribution in [0.2, 0.25) is 0 Å². The summed E-state index contributed by atoms with van der Waals surface area (Å²) in [5.74, 6) is -3.12. The molecule has 0 unspecified atom stereocenters. The van der Waals surface area contributed by atoms with Gasteiger partial charge in [0, 0.05) is 26.7 Å². The van der Waals surface area contributed by atoms with Crippen LogP contribution in [0.4, 0.5) is 4.79 Å². The maximum absolute atomic E-state index is 13.4. The molecule has 2 aliphatic heterocycles. The largest absolute Gasteiger partial charge is 0.481 e. The third-order valence-electron chi connectivity index (χ3n) is 7.35. The molecule has 0 aromatic heterocycles. The molecule has 2 atom stereocenters. The summed E-state index contributed by atoms with van der Waals surface area (Å²) in [6.45, 7) is 4.36. The number of carbonyl (C=O) groups is 4. The van der Waals surface area contributed by atoms with E-state index in [9.17, 15) is 24.3 Å². The minimum atomic E-state index is -1.11. The first kappa shape index (κ1) is 22.6. The summed E-state index contributed by atoms with van der Waals surface area (Å²) >= 11 is 0. The summed E-state index contributed by atoms with van der Waals surface area (Å²) in [5.41, 5.74) is -1.02. The fourth-order valence-electron chi connectivity index (χ4n) is 5.11. The lowest BCUT2D eigenvalue weighted by Crippen LogP contribution is -2.48. The van der Waals surface area contributed by atoms with Gasteiger partial charge >= 0.3 is 12.0 Å². The number of amides is 4. The number of carboxylic acid groups (broad SMARTS) is 1. The van der Waals surface area contributed by atoms with Gasteiger partial charge in [-0.1, -0.05) is 25.7 Å². The minimum Gasteiger partial charge on any atom is -0.481 e. The Kier molecular flexibility index (Phi) is 6.72. The van der Waals surface area contributed by atoms with E-state index < -0.39 is 35.3 Å². The zero-order valence-corrected chi connectivity index (χ0v) is 18.4. The van der Waals surface area contributed by atoms with Gasteiger partial charge in [0.25, 0.3) is 5.91 Å². The fourth-order valence-corrected chi connectivity index (χ4v) is 5.11. The van der Waals surface area contributed by atoms with Gasteiger partial charge < -0.3 is 14.9 Å². The Hall–Kier alpha value is -2.12. The Labute approximate surface area is 178 Å². The third-order valence-corrected chi connectivity index (χ3v) is 7.35. The lowest BCUT2D eigenvalue weighted by atomic mass is 9.82. The van der Waals surface area contributed by atoms with Gasteiger partial charge in [0.05, 0.1) is 11.8 Å². The second kappa shape index (κ2) is 8.94. The van der Waals surface area contributed by atoms with Gasteiger partial charge in [-0.3, -0.25) is 19.3 Å². The number of likely N-dealkylation sites (tertiary alicyclic amines) is 1. The highest BCUT2D eigenvalue weighted by molar-refractivity contribution is 6.06. The summed E-state index contributed by atoms with van der Waals surface area (Å²) in [6.07, 6.45) is 7.69. The van der Waals surface area contributed by atoms with E-state index in [0.29, 0.717) is 25.4 Å². The van der Waals surface area contributed by atoms with Crippen molar-refractivity contribution in [3.63, 3.8) is 0 Å². The topological polar surface area (TPSA) is 98.2 Å². The highest BCUT2D eigenvalue weighted by atomic mass is 16.4. The number of rotatable bonds is 7. The molecule has 1 saturated carbocycles. The van der Waals surface area contributed by atoms with Gasteiger partial charge in [-0.25, -0.2) is 4.79 Å². The van der Waals surface area contributed by atoms with Crippen LogP contribution in [0.3, 0.4) is 0 Å². The Morgan fingerprint density at radius 2 is 1.70 bits per heavy atom. The quantitative estimate of drug-likeness (QED) is 0.635. The summed E-state index contributed by atoms with van der Waals surface area (Å²) in [6, 6.07) is -0.499. The van der Waals surface area contributed by atoms with E-state index in [2.05, 4.69) is 0 Å². The van der Waals surface area contributed by atoms with Crippen LogP contribution in [0.25, 0.3) is 0 Å². The minimum absolute atomic E-state index is 0.124. The molecule has 1 N–H and O–H groups in total. The zero-order chi connectivity index (χ0) is 22.1. The van der Waals surface area contributed by atoms with E-state index in [1.54, 1.807) is 25.8 Å². The number of nitrogens with zero attached hydrogens (tertiary/aromatic N) is 3. The molecule has 30 heavy (non-hydrogen) atoms. The normalized spacial score (nSPS) is 24.4. The van der Waals surface area contributed by atoms with E-state index in [0.717, 1.165) is 49.8 Å². The van der Waals surface area contributed by atoms with Gasteiger partial charge in [0.2, 0.25) is 5.91 Å². The van der Waals surface area contributed by atoms with Crippen molar-refractivity contribution < 1.29 is 24.3 Å². The van der Waals surface area contributed by atoms with Crippen molar-refractivity contribution in [2.24, 2.45) is 17.8 Å². The maximum atomic E-state index is 13.4. The van der Waals surface area contributed by atoms with Crippen molar-refractivity contribution in [2.75, 3.05) is 26.7 Å². The SMILES string of the molecule is CN1C(=O)N(C[C@H](C(=O)O)[C@@H](CC2CCCC2)C(=O)N2CCCCC2)[14C](=O)C1(C)C. The molecule has 3 fully saturated rings. The summed E-state index contributed by atoms with van der Waals surface area (Å²) < 4.78 is 0. The predicted molar refractivity (Wildman–Crippen MR) is 111 cm³/mol. The summed E-state index contributed by atoms with van der Waals surface area (Å²) in [7, 11) is 1.55. The van der Waals surface area contributed by atoms with E-state index in [4.69, 9.17) is 0 Å². The van der Waals surface area contributed by atoms with Gasteiger partial charge in [-0.15, -0.1) is 0 Å². The van der Waals surface area contributed by atoms with E-state index >= 15 is 0 Å². The standard InChI is InChI=1S/C22H35N3O5/c1-22(2)20(29)25(21(30)23(22)3)14-17(19(27)28)16(13-15-9-5-6-10-15)18(26)24-11-7-4-8-12-24/h15-17H,4-14H2,1-3H3,(H,27,28)/t16-,17+/m1/s1/i20+2. The van der Waals surface area contributed by atoms with E-state index in [1.165, 1.54) is 4.90 Å². The molecule has 8 heteroatoms. The van der Waals surface area contributed by atoms with Crippen LogP contribution in [0.1, 0.15) is 65.2 Å². The van der Waals surface area contributed by atoms with Gasteiger partial charge in [-0.2, -0.15) is 0 Å². The molecule has 2 saturated heterocycles. The van der Waals surface area contributed by atoms with Crippen LogP contribution in [0, 0.1) is 17.8 Å². The molecule has 0 bridgehead atoms. The molecular weight excluding hydrogens is 388 g/mol. The molecule has 0 aromatic rings. The van der Waals surface area contributed by atoms with Crippen molar-refractivity contribution >= 4 is 23.8 Å². The molecule has 1 aliphatic carbocycles. The number of piperidine rings is 1. The monoisotopic (exact) mass is 423 g/mol. The lowest BCUT2D eigenvalue weighted by molar-refractivity contribution is -0.153. The summed E-state index contributed by atoms with van der Waals surface area (Å²) in [4.78, 5) is 55.4. The molecule has 0 spiro atoms. The van der Waals surface area contributed by atoms with Crippen LogP contribution in [0.15, 0.2) is 0 Å². The first-order valence-corrected chi connectivity index (χ1v) is 11.3. The second-order valence-electron chi connectivity index (χ2n) is 9.64. The highest BCUT2D eigenvalue weighted by Crippen LogP contribution is 2.36. The molecule has 2 heterocycles. The first-order valence-electron chi connectivity index (χ1n) is 11.3. The zero-order valence-electron chi connectivity index (χ0n) is 18.4. The number of hydrogen-bond donors (Lipinski definition) is 1. The van der Waals surface area contributed by atoms with Gasteiger partial charge in [-0.05, 0) is 45.4 Å². The maximum Gasteiger partial charge on any atom is 0.327 e. The average molecular weight is 424 g/mol. The van der Waals surface area contributed by atoms with Crippen molar-refractivity contribution in [3.8, 4) is 0 Å². The van der Waals surface area contributed by atoms with Crippen LogP contribution in [-0.2, 0) is 14.4 Å². The number of carbonyl (C=O) groups excluding carboxylic acids is 3. The molecule has 0 aromatic carbocycles. The first-order chi connectivity index (χ1) is 14.1. The molecule has 3 rings (SSSR count). The Balaban J connectivity index is 1.85. The summed E-state index contributed by atoms with van der Waals surface area (Å²) in [5, 5.41) is 10.1. The number of aliphatic carboxylic acids is 1. The number of likely N-dealkylation sites (N-methyl/N-ethyl adjacent to an activating group) is 1. The number of urea groups is 1. The van der Waals surface area contributed by atoms with Crippen LogP contribution in [0.5, 0.6) is 0 Å². The number of carboxylic acids is 1. The molecule has 4 amide bonds. The third kappa shape index (κ3) is 4.32. The Morgan fingerprint density at radius 1 is 1.10 bits per heavy atom. The molecule has 8 nitrogen and oxygen atoms in total. The van der Waals surface area contributed by atoms with E-state index in [1.807, 2.05) is 0 Å². The lowest BCUT2D eigenvalue weighted by Gasteiger charge is -2.34. The second-order valence-corrected chi connectivity index (χ2v) is 9.64. The van der Waals surface area contributed by atoms with Gasteiger partial charge in [0.15, 0.2) is 0 Å². The van der Waals surface area contributed by atoms with Crippen LogP contribution in [-0.4, -0.2) is 75.8 Å². The smallest absolute Gasteiger partial charge is 0.327 e. The van der Waals surface area contributed by atoms with Crippen molar-refractivity contribution in [3.05, 3.63) is 0 Å². The molecule has 168 valence electrons. The van der Waals surface area contributed by atoms with Crippen molar-refractivity contribution in [1.29, 1.82) is 0 Å². The van der Waals surface area contributed by atoms with Crippen LogP contribution >= 0.6 is 0 Å². The fraction of sp³-hybridized carbons (Fsp3) is 0.818. The number of imide groups is 1. The van der Waals surface area contributed by atoms with Gasteiger partial charge in [0.1, 0.15) is 5.54 Å². The van der Waals surface area contributed by atoms with Crippen LogP contribution < -0.4 is 0 Å². The number of hydrogen-bond acceptors (Lipinski definition) is 4. The molecule has 3 aliphatic rings. The Bertz CT molecular complexity index is 695.